The summed E-state index contributed by atoms with van der Waals surface area (Å²) in [7, 11) is 0. The fraction of sp³-hybridized carbons (Fsp3) is 0.154. The van der Waals surface area contributed by atoms with Gasteiger partial charge < -0.3 is 14.8 Å². The van der Waals surface area contributed by atoms with Crippen molar-refractivity contribution in [2.24, 2.45) is 0 Å². The molecule has 1 N–H and O–H groups in total. The number of anilines is 1. The number of nitrogens with zero attached hydrogens (tertiary/aromatic N) is 3. The van der Waals surface area contributed by atoms with E-state index in [4.69, 9.17) is 12.2 Å². The third-order valence-electron chi connectivity index (χ3n) is 6.08. The molecule has 0 amide bonds. The number of aryl methyl sites for hydroxylation is 1. The van der Waals surface area contributed by atoms with E-state index in [1.165, 1.54) is 24.3 Å². The summed E-state index contributed by atoms with van der Waals surface area (Å²) >= 11 is 5.74. The van der Waals surface area contributed by atoms with Crippen LogP contribution in [0.4, 0.5) is 14.5 Å². The van der Waals surface area contributed by atoms with Crippen molar-refractivity contribution in [3.63, 3.8) is 0 Å². The number of pyridine rings is 1. The summed E-state index contributed by atoms with van der Waals surface area (Å²) in [6.45, 7) is 4.07. The average molecular weight is 461 g/mol. The lowest BCUT2D eigenvalue weighted by molar-refractivity contribution is 0.565. The highest BCUT2D eigenvalue weighted by Crippen LogP contribution is 2.43. The van der Waals surface area contributed by atoms with Gasteiger partial charge in [-0.2, -0.15) is 0 Å². The zero-order valence-electron chi connectivity index (χ0n) is 18.2. The third-order valence-corrected chi connectivity index (χ3v) is 6.39. The maximum Gasteiger partial charge on any atom is 0.174 e. The minimum Gasteiger partial charge on any atom is -0.351 e. The molecule has 0 radical (unpaired) electrons. The van der Waals surface area contributed by atoms with Crippen LogP contribution in [0.3, 0.4) is 0 Å². The molecule has 0 bridgehead atoms. The molecule has 4 nitrogen and oxygen atoms in total. The topological polar surface area (TPSA) is 33.1 Å². The van der Waals surface area contributed by atoms with E-state index in [1.807, 2.05) is 36.9 Å². The zero-order chi connectivity index (χ0) is 23.1. The highest BCUT2D eigenvalue weighted by Gasteiger charge is 2.42. The number of benzene rings is 2. The second-order valence-electron chi connectivity index (χ2n) is 8.11. The van der Waals surface area contributed by atoms with Crippen LogP contribution in [0.15, 0.2) is 79.0 Å². The molecule has 4 aromatic rings. The summed E-state index contributed by atoms with van der Waals surface area (Å²) < 4.78 is 29.3. The van der Waals surface area contributed by atoms with Crippen LogP contribution in [0.1, 0.15) is 34.7 Å². The first-order chi connectivity index (χ1) is 15.9. The van der Waals surface area contributed by atoms with E-state index >= 15 is 0 Å². The standard InChI is InChI=1S/C26H22F2N4S/c1-16-15-22(17(2)31(16)20-10-6-18(27)7-11-20)25-24(23-5-3-4-14-29-23)30-26(33)32(25)21-12-8-19(28)9-13-21/h3-15,24-25H,1-2H3,(H,30,33)/t24-,25-/m1/s1. The Balaban J connectivity index is 1.67. The lowest BCUT2D eigenvalue weighted by atomic mass is 9.96. The molecule has 0 saturated carbocycles. The van der Waals surface area contributed by atoms with Gasteiger partial charge in [-0.05, 0) is 98.4 Å². The molecule has 1 aliphatic heterocycles. The smallest absolute Gasteiger partial charge is 0.174 e. The maximum atomic E-state index is 13.7. The highest BCUT2D eigenvalue weighted by molar-refractivity contribution is 7.80. The Morgan fingerprint density at radius 3 is 2.12 bits per heavy atom. The van der Waals surface area contributed by atoms with Gasteiger partial charge in [0.15, 0.2) is 5.11 Å². The number of rotatable bonds is 4. The lowest BCUT2D eigenvalue weighted by Crippen LogP contribution is -2.29. The normalized spacial score (nSPS) is 17.9. The Labute approximate surface area is 196 Å². The van der Waals surface area contributed by atoms with E-state index in [0.717, 1.165) is 34.0 Å². The Kier molecular flexibility index (Phi) is 5.42. The van der Waals surface area contributed by atoms with Gasteiger partial charge in [-0.25, -0.2) is 8.78 Å². The van der Waals surface area contributed by atoms with Gasteiger partial charge in [-0.15, -0.1) is 0 Å². The highest BCUT2D eigenvalue weighted by atomic mass is 32.1. The first-order valence-electron chi connectivity index (χ1n) is 10.6. The molecule has 1 saturated heterocycles. The lowest BCUT2D eigenvalue weighted by Gasteiger charge is -2.28. The fourth-order valence-corrected chi connectivity index (χ4v) is 4.97. The molecular formula is C26H22F2N4S. The van der Waals surface area contributed by atoms with Crippen LogP contribution < -0.4 is 10.2 Å². The number of hydrogen-bond acceptors (Lipinski definition) is 2. The van der Waals surface area contributed by atoms with Gasteiger partial charge in [0, 0.05) is 29.0 Å². The predicted octanol–water partition coefficient (Wildman–Crippen LogP) is 5.94. The fourth-order valence-electron chi connectivity index (χ4n) is 4.63. The average Bonchev–Trinajstić information content (AvgIpc) is 3.31. The third kappa shape index (κ3) is 3.78. The first kappa shape index (κ1) is 21.3. The Hall–Kier alpha value is -3.58. The van der Waals surface area contributed by atoms with Gasteiger partial charge in [0.2, 0.25) is 0 Å². The molecule has 5 rings (SSSR count). The number of aromatic nitrogens is 2. The summed E-state index contributed by atoms with van der Waals surface area (Å²) in [6, 6.07) is 20.3. The molecule has 2 atom stereocenters. The van der Waals surface area contributed by atoms with Gasteiger partial charge in [0.25, 0.3) is 0 Å². The molecule has 0 unspecified atom stereocenters. The molecule has 2 aromatic carbocycles. The molecule has 2 aromatic heterocycles. The Bertz CT molecular complexity index is 1300. The molecule has 166 valence electrons. The zero-order valence-corrected chi connectivity index (χ0v) is 19.0. The molecule has 1 aliphatic rings. The van der Waals surface area contributed by atoms with Crippen LogP contribution in [0.5, 0.6) is 0 Å². The second-order valence-corrected chi connectivity index (χ2v) is 8.50. The second kappa shape index (κ2) is 8.41. The number of nitrogens with one attached hydrogen (secondary N) is 1. The molecule has 3 heterocycles. The monoisotopic (exact) mass is 460 g/mol. The minimum atomic E-state index is -0.302. The van der Waals surface area contributed by atoms with Crippen molar-refractivity contribution >= 4 is 23.0 Å². The van der Waals surface area contributed by atoms with Gasteiger partial charge in [-0.1, -0.05) is 6.07 Å². The van der Waals surface area contributed by atoms with Crippen molar-refractivity contribution in [3.8, 4) is 5.69 Å². The van der Waals surface area contributed by atoms with Gasteiger partial charge in [0.05, 0.1) is 17.8 Å². The molecule has 1 fully saturated rings. The van der Waals surface area contributed by atoms with Crippen molar-refractivity contribution in [1.82, 2.24) is 14.9 Å². The summed E-state index contributed by atoms with van der Waals surface area (Å²) in [5.74, 6) is -0.575. The van der Waals surface area contributed by atoms with Gasteiger partial charge >= 0.3 is 0 Å². The van der Waals surface area contributed by atoms with E-state index in [9.17, 15) is 8.78 Å². The van der Waals surface area contributed by atoms with Crippen molar-refractivity contribution in [1.29, 1.82) is 0 Å². The summed E-state index contributed by atoms with van der Waals surface area (Å²) in [6.07, 6.45) is 1.76. The molecule has 0 aliphatic carbocycles. The predicted molar refractivity (Wildman–Crippen MR) is 130 cm³/mol. The van der Waals surface area contributed by atoms with Gasteiger partial charge in [0.1, 0.15) is 11.6 Å². The molecular weight excluding hydrogens is 438 g/mol. The summed E-state index contributed by atoms with van der Waals surface area (Å²) in [5.41, 5.74) is 5.64. The molecule has 7 heteroatoms. The van der Waals surface area contributed by atoms with E-state index in [2.05, 4.69) is 20.9 Å². The van der Waals surface area contributed by atoms with Crippen molar-refractivity contribution < 1.29 is 8.78 Å². The van der Waals surface area contributed by atoms with E-state index < -0.39 is 0 Å². The van der Waals surface area contributed by atoms with E-state index in [-0.39, 0.29) is 23.7 Å². The van der Waals surface area contributed by atoms with Crippen LogP contribution in [0.25, 0.3) is 5.69 Å². The van der Waals surface area contributed by atoms with E-state index in [0.29, 0.717) is 5.11 Å². The van der Waals surface area contributed by atoms with Crippen LogP contribution in [0, 0.1) is 25.5 Å². The number of hydrogen-bond donors (Lipinski definition) is 1. The Morgan fingerprint density at radius 2 is 1.52 bits per heavy atom. The molecule has 0 spiro atoms. The first-order valence-corrected chi connectivity index (χ1v) is 11.1. The van der Waals surface area contributed by atoms with Crippen LogP contribution in [0.2, 0.25) is 0 Å². The Morgan fingerprint density at radius 1 is 0.879 bits per heavy atom. The maximum absolute atomic E-state index is 13.7. The summed E-state index contributed by atoms with van der Waals surface area (Å²) in [4.78, 5) is 6.60. The van der Waals surface area contributed by atoms with Gasteiger partial charge in [-0.3, -0.25) is 4.98 Å². The number of halogens is 2. The minimum absolute atomic E-state index is 0.203. The largest absolute Gasteiger partial charge is 0.351 e. The summed E-state index contributed by atoms with van der Waals surface area (Å²) in [5, 5.41) is 3.98. The van der Waals surface area contributed by atoms with Crippen LogP contribution in [-0.4, -0.2) is 14.7 Å². The number of thiocarbonyl (C=S) groups is 1. The molecule has 33 heavy (non-hydrogen) atoms. The van der Waals surface area contributed by atoms with Crippen molar-refractivity contribution in [2.75, 3.05) is 4.90 Å². The van der Waals surface area contributed by atoms with Crippen molar-refractivity contribution in [3.05, 3.63) is 113 Å². The van der Waals surface area contributed by atoms with Crippen molar-refractivity contribution in [2.45, 2.75) is 25.9 Å². The van der Waals surface area contributed by atoms with Crippen LogP contribution >= 0.6 is 12.2 Å². The SMILES string of the molecule is Cc1cc([C@@H]2[C@@H](c3ccccn3)NC(=S)N2c2ccc(F)cc2)c(C)n1-c1ccc(F)cc1. The van der Waals surface area contributed by atoms with Crippen LogP contribution in [-0.2, 0) is 0 Å². The quantitative estimate of drug-likeness (QED) is 0.382. The van der Waals surface area contributed by atoms with E-state index in [1.54, 1.807) is 30.5 Å².